The van der Waals surface area contributed by atoms with Crippen molar-refractivity contribution < 1.29 is 4.74 Å². The third kappa shape index (κ3) is 7.88. The zero-order valence-corrected chi connectivity index (χ0v) is 40.3. The summed E-state index contributed by atoms with van der Waals surface area (Å²) >= 11 is 1.27. The Morgan fingerprint density at radius 2 is 1.03 bits per heavy atom. The highest BCUT2D eigenvalue weighted by Gasteiger charge is 2.24. The number of ether oxygens (including phenoxy) is 1. The lowest BCUT2D eigenvalue weighted by molar-refractivity contribution is 0.271. The summed E-state index contributed by atoms with van der Waals surface area (Å²) in [4.78, 5) is 2.31. The first kappa shape index (κ1) is 43.1. The van der Waals surface area contributed by atoms with Gasteiger partial charge < -0.3 is 14.2 Å². The summed E-state index contributed by atoms with van der Waals surface area (Å²) < 4.78 is 18.6. The monoisotopic (exact) mass is 902 g/mol. The van der Waals surface area contributed by atoms with E-state index in [4.69, 9.17) is 13.5 Å². The van der Waals surface area contributed by atoms with Gasteiger partial charge >= 0.3 is 0 Å². The van der Waals surface area contributed by atoms with Crippen molar-refractivity contribution in [3.8, 4) is 44.8 Å². The van der Waals surface area contributed by atoms with Crippen molar-refractivity contribution in [3.63, 3.8) is 0 Å². The van der Waals surface area contributed by atoms with E-state index in [0.717, 1.165) is 56.1 Å². The maximum Gasteiger partial charge on any atom is 0.129 e. The third-order valence-corrected chi connectivity index (χ3v) is 13.8. The van der Waals surface area contributed by atoms with Crippen molar-refractivity contribution in [1.29, 1.82) is 0 Å². The van der Waals surface area contributed by atoms with Crippen molar-refractivity contribution in [2.45, 2.75) is 53.4 Å². The molecule has 11 rings (SSSR count). The molecule has 0 aliphatic carbocycles. The number of benzene rings is 9. The van der Waals surface area contributed by atoms with Crippen LogP contribution in [0.15, 0.2) is 188 Å². The number of hydrogen-bond donors (Lipinski definition) is 0. The lowest BCUT2D eigenvalue weighted by Gasteiger charge is -2.26. The van der Waals surface area contributed by atoms with Crippen LogP contribution >= 0.6 is 11.7 Å². The van der Waals surface area contributed by atoms with Gasteiger partial charge in [-0.25, -0.2) is 0 Å². The fourth-order valence-electron chi connectivity index (χ4n) is 9.82. The number of fused-ring (bicyclic) bond motifs is 5. The van der Waals surface area contributed by atoms with Gasteiger partial charge in [-0.05, 0) is 140 Å². The molecule has 0 saturated carbocycles. The molecule has 0 unspecified atom stereocenters. The van der Waals surface area contributed by atoms with Crippen LogP contribution in [0.1, 0.15) is 64.5 Å². The van der Waals surface area contributed by atoms with Crippen molar-refractivity contribution in [1.82, 2.24) is 13.3 Å². The second-order valence-electron chi connectivity index (χ2n) is 19.0. The first-order valence-electron chi connectivity index (χ1n) is 23.8. The molecule has 0 fully saturated rings. The van der Waals surface area contributed by atoms with Crippen LogP contribution in [0, 0.1) is 5.92 Å². The highest BCUT2D eigenvalue weighted by atomic mass is 32.1. The molecule has 0 spiro atoms. The Labute approximate surface area is 403 Å². The summed E-state index contributed by atoms with van der Waals surface area (Å²) in [5, 5.41) is 4.92. The molecule has 0 radical (unpaired) electrons. The van der Waals surface area contributed by atoms with Crippen molar-refractivity contribution >= 4 is 72.4 Å². The Bertz CT molecular complexity index is 3560. The van der Waals surface area contributed by atoms with Gasteiger partial charge in [0.25, 0.3) is 0 Å². The first-order valence-corrected chi connectivity index (χ1v) is 24.6. The topological polar surface area (TPSA) is 43.2 Å². The molecule has 2 aromatic heterocycles. The second kappa shape index (κ2) is 17.9. The normalized spacial score (nSPS) is 11.8. The smallest absolute Gasteiger partial charge is 0.129 e. The Morgan fingerprint density at radius 3 is 1.65 bits per heavy atom. The van der Waals surface area contributed by atoms with Crippen LogP contribution in [-0.2, 0) is 0 Å². The van der Waals surface area contributed by atoms with Gasteiger partial charge in [0.05, 0.1) is 40.7 Å². The van der Waals surface area contributed by atoms with Gasteiger partial charge in [-0.2, -0.15) is 8.75 Å². The Balaban J connectivity index is 1.04. The van der Waals surface area contributed by atoms with Crippen LogP contribution in [0.3, 0.4) is 0 Å². The molecule has 0 saturated heterocycles. The molecule has 5 nitrogen and oxygen atoms in total. The van der Waals surface area contributed by atoms with Crippen LogP contribution in [0.2, 0.25) is 0 Å². The molecule has 0 atom stereocenters. The number of nitrogens with zero attached hydrogens (tertiary/aromatic N) is 4. The number of hydrogen-bond acceptors (Lipinski definition) is 5. The van der Waals surface area contributed by atoms with Gasteiger partial charge in [-0.3, -0.25) is 0 Å². The Morgan fingerprint density at radius 1 is 0.485 bits per heavy atom. The minimum absolute atomic E-state index is 0.353. The summed E-state index contributed by atoms with van der Waals surface area (Å²) in [5.74, 6) is 2.07. The van der Waals surface area contributed by atoms with Crippen molar-refractivity contribution in [2.24, 2.45) is 5.92 Å². The molecule has 0 bridgehead atoms. The van der Waals surface area contributed by atoms with Crippen LogP contribution in [-0.4, -0.2) is 19.9 Å². The standard InChI is InChI=1S/C62H54N4OS/c1-39(2)38-67-51-30-23-45(24-31-51)44-21-28-50(29-22-44)65(49-26-19-43(20-27-49)42-13-8-7-9-14-42)58-34-32-54(60-61(58)64-68-63-60)48-25-33-57-55(36-48)56-35-46-15-10-11-16-47(46)37-59(56)66(57)62-52(40(3)4)17-12-18-53(62)41(5)6/h7-37,39-41H,38H2,1-6H3. The number of aromatic nitrogens is 3. The molecule has 0 N–H and O–H groups in total. The summed E-state index contributed by atoms with van der Waals surface area (Å²) in [6, 6.07) is 68.4. The molecule has 9 aromatic carbocycles. The maximum absolute atomic E-state index is 5.98. The van der Waals surface area contributed by atoms with E-state index >= 15 is 0 Å². The number of rotatable bonds is 12. The van der Waals surface area contributed by atoms with E-state index in [2.05, 4.69) is 239 Å². The van der Waals surface area contributed by atoms with Gasteiger partial charge in [0, 0.05) is 27.7 Å². The zero-order valence-electron chi connectivity index (χ0n) is 39.4. The molecule has 2 heterocycles. The molecule has 334 valence electrons. The molecule has 68 heavy (non-hydrogen) atoms. The minimum Gasteiger partial charge on any atom is -0.493 e. The van der Waals surface area contributed by atoms with Gasteiger partial charge in [0.15, 0.2) is 0 Å². The van der Waals surface area contributed by atoms with E-state index in [9.17, 15) is 0 Å². The van der Waals surface area contributed by atoms with E-state index in [1.54, 1.807) is 0 Å². The predicted molar refractivity (Wildman–Crippen MR) is 289 cm³/mol. The highest BCUT2D eigenvalue weighted by Crippen LogP contribution is 2.45. The quantitative estimate of drug-likeness (QED) is 0.123. The van der Waals surface area contributed by atoms with Crippen molar-refractivity contribution in [2.75, 3.05) is 11.5 Å². The summed E-state index contributed by atoms with van der Waals surface area (Å²) in [5.41, 5.74) is 18.0. The molecular formula is C62H54N4OS. The predicted octanol–water partition coefficient (Wildman–Crippen LogP) is 17.7. The van der Waals surface area contributed by atoms with E-state index in [1.807, 2.05) is 0 Å². The Hall–Kier alpha value is -7.54. The average Bonchev–Trinajstić information content (AvgIpc) is 3.99. The van der Waals surface area contributed by atoms with Crippen LogP contribution in [0.5, 0.6) is 5.75 Å². The third-order valence-electron chi connectivity index (χ3n) is 13.3. The fraction of sp³-hybridized carbons (Fsp3) is 0.161. The fourth-order valence-corrected chi connectivity index (χ4v) is 10.4. The SMILES string of the molecule is CC(C)COc1ccc(-c2ccc(N(c3ccc(-c4ccccc4)cc3)c3ccc(-c4ccc5c(c4)c4cc6ccccc6cc4n5-c4c(C(C)C)cccc4C(C)C)c4nsnc34)cc2)cc1. The molecule has 11 aromatic rings. The molecular weight excluding hydrogens is 849 g/mol. The minimum atomic E-state index is 0.353. The lowest BCUT2D eigenvalue weighted by atomic mass is 9.92. The van der Waals surface area contributed by atoms with E-state index in [1.165, 1.54) is 72.2 Å². The second-order valence-corrected chi connectivity index (χ2v) is 19.5. The van der Waals surface area contributed by atoms with Gasteiger partial charge in [-0.15, -0.1) is 0 Å². The first-order chi connectivity index (χ1) is 33.2. The Kier molecular flexibility index (Phi) is 11.4. The molecule has 0 aliphatic rings. The summed E-state index contributed by atoms with van der Waals surface area (Å²) in [6.45, 7) is 14.3. The zero-order chi connectivity index (χ0) is 46.5. The number of para-hydroxylation sites is 1. The highest BCUT2D eigenvalue weighted by molar-refractivity contribution is 7.00. The van der Waals surface area contributed by atoms with Crippen LogP contribution in [0.25, 0.3) is 82.7 Å². The largest absolute Gasteiger partial charge is 0.493 e. The van der Waals surface area contributed by atoms with Gasteiger partial charge in [0.2, 0.25) is 0 Å². The molecule has 0 aliphatic heterocycles. The van der Waals surface area contributed by atoms with E-state index in [0.29, 0.717) is 24.4 Å². The average molecular weight is 903 g/mol. The summed E-state index contributed by atoms with van der Waals surface area (Å²) in [6.07, 6.45) is 0. The van der Waals surface area contributed by atoms with Gasteiger partial charge in [0.1, 0.15) is 16.8 Å². The van der Waals surface area contributed by atoms with Gasteiger partial charge in [-0.1, -0.05) is 157 Å². The van der Waals surface area contributed by atoms with Crippen LogP contribution < -0.4 is 9.64 Å². The summed E-state index contributed by atoms with van der Waals surface area (Å²) in [7, 11) is 0. The van der Waals surface area contributed by atoms with E-state index < -0.39 is 0 Å². The lowest BCUT2D eigenvalue weighted by Crippen LogP contribution is -2.10. The van der Waals surface area contributed by atoms with E-state index in [-0.39, 0.29) is 0 Å². The van der Waals surface area contributed by atoms with Crippen LogP contribution in [0.4, 0.5) is 17.1 Å². The molecule has 0 amide bonds. The maximum atomic E-state index is 5.98. The molecule has 6 heteroatoms. The number of anilines is 3. The van der Waals surface area contributed by atoms with Crippen molar-refractivity contribution in [3.05, 3.63) is 199 Å².